The number of nitrogens with one attached hydrogen (secondary N) is 1. The number of benzene rings is 2. The van der Waals surface area contributed by atoms with Crippen molar-refractivity contribution in [2.45, 2.75) is 13.8 Å². The molecule has 2 heterocycles. The first-order valence-corrected chi connectivity index (χ1v) is 6.73. The number of aromatic nitrogens is 3. The highest BCUT2D eigenvalue weighted by Gasteiger charge is 2.09. The van der Waals surface area contributed by atoms with E-state index in [0.717, 1.165) is 21.9 Å². The summed E-state index contributed by atoms with van der Waals surface area (Å²) in [6, 6.07) is 15.3. The lowest BCUT2D eigenvalue weighted by Gasteiger charge is -1.99. The Balaban J connectivity index is 0.000000581. The van der Waals surface area contributed by atoms with E-state index in [9.17, 15) is 4.79 Å². The molecule has 4 rings (SSSR count). The van der Waals surface area contributed by atoms with Crippen LogP contribution in [0.2, 0.25) is 0 Å². The number of imidazole rings is 1. The quantitative estimate of drug-likeness (QED) is 0.530. The van der Waals surface area contributed by atoms with Crippen molar-refractivity contribution in [1.29, 1.82) is 0 Å². The van der Waals surface area contributed by atoms with Gasteiger partial charge in [0.05, 0.1) is 16.6 Å². The summed E-state index contributed by atoms with van der Waals surface area (Å²) in [6.45, 7) is 4.00. The molecule has 4 nitrogen and oxygen atoms in total. The summed E-state index contributed by atoms with van der Waals surface area (Å²) in [5, 5.41) is 0.952. The minimum absolute atomic E-state index is 0.155. The lowest BCUT2D eigenvalue weighted by Crippen LogP contribution is -2.15. The summed E-state index contributed by atoms with van der Waals surface area (Å²) in [5.74, 6) is 0. The zero-order valence-electron chi connectivity index (χ0n) is 11.4. The van der Waals surface area contributed by atoms with Gasteiger partial charge in [-0.3, -0.25) is 0 Å². The fraction of sp³-hybridized carbons (Fsp3) is 0.125. The summed E-state index contributed by atoms with van der Waals surface area (Å²) in [5.41, 5.74) is 3.03. The van der Waals surface area contributed by atoms with Gasteiger partial charge in [0.2, 0.25) is 0 Å². The minimum atomic E-state index is -0.155. The van der Waals surface area contributed by atoms with Gasteiger partial charge in [0.1, 0.15) is 0 Å². The molecule has 20 heavy (non-hydrogen) atoms. The number of nitrogens with zero attached hydrogens (tertiary/aromatic N) is 2. The molecule has 0 aliphatic carbocycles. The second-order valence-electron chi connectivity index (χ2n) is 4.24. The van der Waals surface area contributed by atoms with E-state index in [1.807, 2.05) is 62.4 Å². The van der Waals surface area contributed by atoms with Crippen molar-refractivity contribution in [2.75, 3.05) is 0 Å². The van der Waals surface area contributed by atoms with Gasteiger partial charge in [0.25, 0.3) is 0 Å². The number of aromatic amines is 1. The van der Waals surface area contributed by atoms with Gasteiger partial charge in [-0.05, 0) is 24.3 Å². The summed E-state index contributed by atoms with van der Waals surface area (Å²) in [6.07, 6.45) is 0. The molecule has 0 atom stereocenters. The third-order valence-corrected chi connectivity index (χ3v) is 3.17. The highest BCUT2D eigenvalue weighted by Crippen LogP contribution is 2.20. The Kier molecular flexibility index (Phi) is 2.99. The van der Waals surface area contributed by atoms with Crippen molar-refractivity contribution in [1.82, 2.24) is 14.4 Å². The fourth-order valence-corrected chi connectivity index (χ4v) is 2.37. The van der Waals surface area contributed by atoms with Gasteiger partial charge >= 0.3 is 5.69 Å². The van der Waals surface area contributed by atoms with Crippen LogP contribution in [-0.4, -0.2) is 14.4 Å². The molecule has 4 aromatic rings. The van der Waals surface area contributed by atoms with E-state index in [2.05, 4.69) is 9.97 Å². The summed E-state index contributed by atoms with van der Waals surface area (Å²) < 4.78 is 1.62. The molecule has 0 aliphatic rings. The van der Waals surface area contributed by atoms with Crippen molar-refractivity contribution < 1.29 is 0 Å². The predicted octanol–water partition coefficient (Wildman–Crippen LogP) is 3.36. The van der Waals surface area contributed by atoms with E-state index < -0.39 is 0 Å². The van der Waals surface area contributed by atoms with Crippen LogP contribution in [0.4, 0.5) is 0 Å². The molecule has 0 aliphatic heterocycles. The molecule has 0 fully saturated rings. The van der Waals surface area contributed by atoms with Gasteiger partial charge in [-0.1, -0.05) is 38.1 Å². The normalized spacial score (nSPS) is 10.7. The van der Waals surface area contributed by atoms with Gasteiger partial charge in [-0.25, -0.2) is 14.2 Å². The van der Waals surface area contributed by atoms with E-state index in [4.69, 9.17) is 0 Å². The van der Waals surface area contributed by atoms with Crippen molar-refractivity contribution in [2.24, 2.45) is 0 Å². The highest BCUT2D eigenvalue weighted by atomic mass is 16.1. The Bertz CT molecular complexity index is 950. The highest BCUT2D eigenvalue weighted by molar-refractivity contribution is 5.95. The van der Waals surface area contributed by atoms with Crippen LogP contribution >= 0.6 is 0 Å². The third kappa shape index (κ3) is 1.69. The van der Waals surface area contributed by atoms with Gasteiger partial charge < -0.3 is 4.98 Å². The van der Waals surface area contributed by atoms with E-state index in [-0.39, 0.29) is 5.69 Å². The number of hydrogen-bond acceptors (Lipinski definition) is 2. The average Bonchev–Trinajstić information content (AvgIpc) is 2.90. The Morgan fingerprint density at radius 1 is 1.00 bits per heavy atom. The first-order chi connectivity index (χ1) is 9.84. The largest absolute Gasteiger partial charge is 0.332 e. The number of fused-ring (bicyclic) bond motifs is 5. The average molecular weight is 265 g/mol. The molecule has 1 N–H and O–H groups in total. The zero-order chi connectivity index (χ0) is 14.1. The van der Waals surface area contributed by atoms with Gasteiger partial charge in [0, 0.05) is 5.39 Å². The Labute approximate surface area is 115 Å². The summed E-state index contributed by atoms with van der Waals surface area (Å²) >= 11 is 0. The van der Waals surface area contributed by atoms with Crippen molar-refractivity contribution in [3.8, 4) is 0 Å². The van der Waals surface area contributed by atoms with Crippen molar-refractivity contribution in [3.63, 3.8) is 0 Å². The number of hydrogen-bond donors (Lipinski definition) is 1. The van der Waals surface area contributed by atoms with Crippen LogP contribution in [0.3, 0.4) is 0 Å². The van der Waals surface area contributed by atoms with Crippen LogP contribution in [0, 0.1) is 0 Å². The van der Waals surface area contributed by atoms with E-state index >= 15 is 0 Å². The maximum absolute atomic E-state index is 12.1. The maximum atomic E-state index is 12.1. The van der Waals surface area contributed by atoms with Crippen LogP contribution in [0.15, 0.2) is 53.3 Å². The Morgan fingerprint density at radius 2 is 1.70 bits per heavy atom. The molecule has 0 amide bonds. The Hall–Kier alpha value is -2.62. The van der Waals surface area contributed by atoms with Crippen LogP contribution < -0.4 is 5.69 Å². The van der Waals surface area contributed by atoms with Gasteiger partial charge in [-0.2, -0.15) is 0 Å². The molecular weight excluding hydrogens is 250 g/mol. The molecule has 0 bridgehead atoms. The molecule has 0 unspecified atom stereocenters. The van der Waals surface area contributed by atoms with Crippen molar-refractivity contribution >= 4 is 27.6 Å². The van der Waals surface area contributed by atoms with E-state index in [1.165, 1.54) is 0 Å². The smallest absolute Gasteiger partial charge is 0.306 e. The summed E-state index contributed by atoms with van der Waals surface area (Å²) in [7, 11) is 0. The number of para-hydroxylation sites is 3. The molecule has 2 aromatic carbocycles. The molecule has 0 saturated heterocycles. The van der Waals surface area contributed by atoms with Crippen LogP contribution in [-0.2, 0) is 0 Å². The Morgan fingerprint density at radius 3 is 2.55 bits per heavy atom. The maximum Gasteiger partial charge on any atom is 0.332 e. The standard InChI is InChI=1S/C14H9N3O.C2H6/c18-14-16-10-6-2-1-5-9(10)13-15-11-7-3-4-8-12(11)17(13)14;1-2/h1-8H,(H,16,18);1-2H3. The lowest BCUT2D eigenvalue weighted by atomic mass is 10.2. The number of H-pyrrole nitrogens is 1. The first-order valence-electron chi connectivity index (χ1n) is 6.73. The monoisotopic (exact) mass is 265 g/mol. The SMILES string of the molecule is CC.O=c1[nH]c2ccccc2c2nc3ccccc3n12. The first kappa shape index (κ1) is 12.4. The molecule has 2 aromatic heterocycles. The van der Waals surface area contributed by atoms with Crippen LogP contribution in [0.1, 0.15) is 13.8 Å². The minimum Gasteiger partial charge on any atom is -0.306 e. The van der Waals surface area contributed by atoms with Gasteiger partial charge in [0.15, 0.2) is 5.65 Å². The molecule has 0 radical (unpaired) electrons. The third-order valence-electron chi connectivity index (χ3n) is 3.17. The van der Waals surface area contributed by atoms with Crippen molar-refractivity contribution in [3.05, 3.63) is 59.0 Å². The predicted molar refractivity (Wildman–Crippen MR) is 82.2 cm³/mol. The number of rotatable bonds is 0. The summed E-state index contributed by atoms with van der Waals surface area (Å²) in [4.78, 5) is 19.6. The molecule has 100 valence electrons. The second kappa shape index (κ2) is 4.81. The molecule has 4 heteroatoms. The molecule has 0 saturated carbocycles. The van der Waals surface area contributed by atoms with E-state index in [1.54, 1.807) is 4.40 Å². The second-order valence-corrected chi connectivity index (χ2v) is 4.24. The topological polar surface area (TPSA) is 50.2 Å². The van der Waals surface area contributed by atoms with Crippen LogP contribution in [0.5, 0.6) is 0 Å². The van der Waals surface area contributed by atoms with E-state index in [0.29, 0.717) is 5.65 Å². The van der Waals surface area contributed by atoms with Crippen LogP contribution in [0.25, 0.3) is 27.6 Å². The zero-order valence-corrected chi connectivity index (χ0v) is 11.4. The lowest BCUT2D eigenvalue weighted by molar-refractivity contribution is 1.06. The van der Waals surface area contributed by atoms with Gasteiger partial charge in [-0.15, -0.1) is 0 Å². The molecule has 0 spiro atoms. The fourth-order valence-electron chi connectivity index (χ4n) is 2.37. The molecular formula is C16H15N3O.